The number of nitro groups is 1. The number of thioether (sulfide) groups is 1. The molecule has 0 aromatic heterocycles. The van der Waals surface area contributed by atoms with Gasteiger partial charge in [0.15, 0.2) is 5.17 Å². The lowest BCUT2D eigenvalue weighted by Gasteiger charge is -2.26. The minimum atomic E-state index is -0.399. The molecule has 0 radical (unpaired) electrons. The summed E-state index contributed by atoms with van der Waals surface area (Å²) >= 11 is 1.46. The van der Waals surface area contributed by atoms with Crippen molar-refractivity contribution in [3.8, 4) is 0 Å². The van der Waals surface area contributed by atoms with E-state index in [2.05, 4.69) is 31.8 Å². The molecule has 0 amide bonds. The maximum absolute atomic E-state index is 10.7. The summed E-state index contributed by atoms with van der Waals surface area (Å²) in [6.07, 6.45) is 2.07. The molecule has 2 N–H and O–H groups in total. The summed E-state index contributed by atoms with van der Waals surface area (Å²) in [6.45, 7) is 6.25. The summed E-state index contributed by atoms with van der Waals surface area (Å²) < 4.78 is 0. The molecule has 114 valence electrons. The highest BCUT2D eigenvalue weighted by molar-refractivity contribution is 8.14. The standard InChI is InChI=1S/C14H17N3O2S.ClH/c1-14(2,3)12-8-11(20-13(15)16-12)9-4-6-10(7-5-9)17(18)19;/h4-8,11H,1-3H3,(H2,15,16);1H. The number of nitro benzene ring substituents is 1. The molecule has 2 rings (SSSR count). The van der Waals surface area contributed by atoms with E-state index in [0.29, 0.717) is 5.17 Å². The van der Waals surface area contributed by atoms with Gasteiger partial charge in [0.25, 0.3) is 5.69 Å². The Labute approximate surface area is 134 Å². The molecule has 0 saturated carbocycles. The van der Waals surface area contributed by atoms with E-state index in [1.54, 1.807) is 12.1 Å². The van der Waals surface area contributed by atoms with Gasteiger partial charge in [0.1, 0.15) is 0 Å². The number of benzene rings is 1. The summed E-state index contributed by atoms with van der Waals surface area (Å²) in [5.74, 6) is 0. The molecule has 0 saturated heterocycles. The number of allylic oxidation sites excluding steroid dienone is 1. The van der Waals surface area contributed by atoms with Crippen LogP contribution in [0.15, 0.2) is 41.0 Å². The van der Waals surface area contributed by atoms with Gasteiger partial charge in [-0.15, -0.1) is 12.4 Å². The van der Waals surface area contributed by atoms with Gasteiger partial charge in [-0.1, -0.05) is 44.7 Å². The zero-order valence-corrected chi connectivity index (χ0v) is 13.7. The Morgan fingerprint density at radius 1 is 1.29 bits per heavy atom. The molecule has 0 aliphatic carbocycles. The Morgan fingerprint density at radius 2 is 1.86 bits per heavy atom. The zero-order valence-electron chi connectivity index (χ0n) is 12.1. The number of rotatable bonds is 2. The molecule has 1 aliphatic heterocycles. The van der Waals surface area contributed by atoms with Crippen LogP contribution in [0.3, 0.4) is 0 Å². The number of aliphatic imine (C=N–C) groups is 1. The van der Waals surface area contributed by atoms with Crippen LogP contribution in [0.2, 0.25) is 0 Å². The van der Waals surface area contributed by atoms with Crippen molar-refractivity contribution >= 4 is 35.0 Å². The minimum absolute atomic E-state index is 0. The Kier molecular flexibility index (Phi) is 5.42. The van der Waals surface area contributed by atoms with Gasteiger partial charge in [-0.2, -0.15) is 0 Å². The molecule has 5 nitrogen and oxygen atoms in total. The molecule has 1 aromatic carbocycles. The first-order chi connectivity index (χ1) is 9.27. The van der Waals surface area contributed by atoms with Crippen molar-refractivity contribution in [1.29, 1.82) is 0 Å². The van der Waals surface area contributed by atoms with E-state index in [1.165, 1.54) is 23.9 Å². The number of non-ortho nitro benzene ring substituents is 1. The Balaban J connectivity index is 0.00000220. The number of nitrogens with zero attached hydrogens (tertiary/aromatic N) is 2. The van der Waals surface area contributed by atoms with Crippen molar-refractivity contribution in [1.82, 2.24) is 0 Å². The zero-order chi connectivity index (χ0) is 14.9. The lowest BCUT2D eigenvalue weighted by atomic mass is 9.91. The largest absolute Gasteiger partial charge is 0.378 e. The summed E-state index contributed by atoms with van der Waals surface area (Å²) in [4.78, 5) is 14.7. The fraction of sp³-hybridized carbons (Fsp3) is 0.357. The van der Waals surface area contributed by atoms with E-state index in [9.17, 15) is 10.1 Å². The van der Waals surface area contributed by atoms with Crippen molar-refractivity contribution < 1.29 is 4.92 Å². The smallest absolute Gasteiger partial charge is 0.269 e. The van der Waals surface area contributed by atoms with Crippen molar-refractivity contribution in [2.75, 3.05) is 0 Å². The summed E-state index contributed by atoms with van der Waals surface area (Å²) in [5, 5.41) is 11.2. The predicted octanol–water partition coefficient (Wildman–Crippen LogP) is 4.05. The average molecular weight is 328 g/mol. The first kappa shape index (κ1) is 17.5. The van der Waals surface area contributed by atoms with Crippen LogP contribution in [0.4, 0.5) is 5.69 Å². The molecule has 1 aliphatic rings. The van der Waals surface area contributed by atoms with Crippen LogP contribution in [0.5, 0.6) is 0 Å². The Morgan fingerprint density at radius 3 is 2.33 bits per heavy atom. The lowest BCUT2D eigenvalue weighted by Crippen LogP contribution is -2.18. The highest BCUT2D eigenvalue weighted by atomic mass is 35.5. The van der Waals surface area contributed by atoms with Crippen LogP contribution in [-0.2, 0) is 0 Å². The monoisotopic (exact) mass is 327 g/mol. The number of hydrogen-bond acceptors (Lipinski definition) is 5. The van der Waals surface area contributed by atoms with Crippen LogP contribution in [0, 0.1) is 15.5 Å². The number of nitrogens with two attached hydrogens (primary N) is 1. The second-order valence-electron chi connectivity index (χ2n) is 5.64. The third-order valence-electron chi connectivity index (χ3n) is 2.99. The van der Waals surface area contributed by atoms with Crippen LogP contribution in [0.1, 0.15) is 31.6 Å². The first-order valence-electron chi connectivity index (χ1n) is 6.25. The number of amidine groups is 1. The fourth-order valence-corrected chi connectivity index (χ4v) is 2.76. The average Bonchev–Trinajstić information content (AvgIpc) is 2.37. The van der Waals surface area contributed by atoms with Gasteiger partial charge in [0, 0.05) is 23.2 Å². The van der Waals surface area contributed by atoms with E-state index in [4.69, 9.17) is 5.73 Å². The lowest BCUT2D eigenvalue weighted by molar-refractivity contribution is -0.384. The van der Waals surface area contributed by atoms with Crippen molar-refractivity contribution in [3.05, 3.63) is 51.7 Å². The first-order valence-corrected chi connectivity index (χ1v) is 7.13. The van der Waals surface area contributed by atoms with E-state index in [1.807, 2.05) is 0 Å². The molecule has 7 heteroatoms. The predicted molar refractivity (Wildman–Crippen MR) is 89.8 cm³/mol. The summed E-state index contributed by atoms with van der Waals surface area (Å²) in [7, 11) is 0. The minimum Gasteiger partial charge on any atom is -0.378 e. The van der Waals surface area contributed by atoms with Gasteiger partial charge in [0.05, 0.1) is 10.2 Å². The molecule has 1 heterocycles. The summed E-state index contributed by atoms with van der Waals surface area (Å²) in [6, 6.07) is 6.57. The van der Waals surface area contributed by atoms with Crippen LogP contribution >= 0.6 is 24.2 Å². The van der Waals surface area contributed by atoms with Gasteiger partial charge < -0.3 is 5.73 Å². The highest BCUT2D eigenvalue weighted by Crippen LogP contribution is 2.40. The van der Waals surface area contributed by atoms with E-state index in [0.717, 1.165) is 11.3 Å². The van der Waals surface area contributed by atoms with E-state index in [-0.39, 0.29) is 28.8 Å². The van der Waals surface area contributed by atoms with Crippen LogP contribution in [0.25, 0.3) is 0 Å². The van der Waals surface area contributed by atoms with Gasteiger partial charge in [-0.05, 0) is 11.6 Å². The van der Waals surface area contributed by atoms with Crippen molar-refractivity contribution in [3.63, 3.8) is 0 Å². The summed E-state index contributed by atoms with van der Waals surface area (Å²) in [5.41, 5.74) is 7.83. The third kappa shape index (κ3) is 4.22. The second kappa shape index (κ2) is 6.49. The number of hydrogen-bond donors (Lipinski definition) is 1. The molecule has 0 bridgehead atoms. The SMILES string of the molecule is CC(C)(C)C1=CC(c2ccc([N+](=O)[O-])cc2)SC(N)=N1.Cl. The number of halogens is 1. The molecule has 0 spiro atoms. The van der Waals surface area contributed by atoms with Crippen LogP contribution in [-0.4, -0.2) is 10.1 Å². The Bertz CT molecular complexity index is 591. The normalized spacial score (nSPS) is 18.3. The quantitative estimate of drug-likeness (QED) is 0.656. The van der Waals surface area contributed by atoms with E-state index >= 15 is 0 Å². The van der Waals surface area contributed by atoms with Crippen molar-refractivity contribution in [2.24, 2.45) is 16.1 Å². The van der Waals surface area contributed by atoms with Crippen molar-refractivity contribution in [2.45, 2.75) is 26.0 Å². The molecule has 1 unspecified atom stereocenters. The third-order valence-corrected chi connectivity index (χ3v) is 3.98. The maximum Gasteiger partial charge on any atom is 0.269 e. The Hall–Kier alpha value is -1.53. The van der Waals surface area contributed by atoms with Crippen LogP contribution < -0.4 is 5.73 Å². The molecular weight excluding hydrogens is 310 g/mol. The fourth-order valence-electron chi connectivity index (χ4n) is 1.86. The molecular formula is C14H18ClN3O2S. The molecule has 21 heavy (non-hydrogen) atoms. The van der Waals surface area contributed by atoms with Gasteiger partial charge >= 0.3 is 0 Å². The van der Waals surface area contributed by atoms with Gasteiger partial charge in [0.2, 0.25) is 0 Å². The molecule has 1 atom stereocenters. The van der Waals surface area contributed by atoms with Gasteiger partial charge in [-0.3, -0.25) is 10.1 Å². The maximum atomic E-state index is 10.7. The molecule has 1 aromatic rings. The highest BCUT2D eigenvalue weighted by Gasteiger charge is 2.25. The van der Waals surface area contributed by atoms with Gasteiger partial charge in [-0.25, -0.2) is 4.99 Å². The molecule has 0 fully saturated rings. The topological polar surface area (TPSA) is 81.5 Å². The second-order valence-corrected chi connectivity index (χ2v) is 6.80. The van der Waals surface area contributed by atoms with E-state index < -0.39 is 4.92 Å².